The van der Waals surface area contributed by atoms with Crippen LogP contribution in [0.3, 0.4) is 0 Å². The predicted molar refractivity (Wildman–Crippen MR) is 81.8 cm³/mol. The zero-order chi connectivity index (χ0) is 16.1. The lowest BCUT2D eigenvalue weighted by Crippen LogP contribution is -2.27. The number of carbonyl (C=O) groups excluding carboxylic acids is 1. The quantitative estimate of drug-likeness (QED) is 0.797. The van der Waals surface area contributed by atoms with E-state index in [2.05, 4.69) is 10.5 Å². The zero-order valence-electron chi connectivity index (χ0n) is 12.3. The van der Waals surface area contributed by atoms with Crippen molar-refractivity contribution in [2.24, 2.45) is 0 Å². The van der Waals surface area contributed by atoms with E-state index < -0.39 is 12.0 Å². The van der Waals surface area contributed by atoms with E-state index in [0.29, 0.717) is 35.0 Å². The molecule has 0 aliphatic heterocycles. The minimum absolute atomic E-state index is 0.00365. The number of aromatic nitrogens is 1. The number of aliphatic hydroxyl groups excluding tert-OH is 1. The molecule has 0 aliphatic carbocycles. The van der Waals surface area contributed by atoms with Crippen LogP contribution >= 0.6 is 11.6 Å². The van der Waals surface area contributed by atoms with Gasteiger partial charge in [-0.15, -0.1) is 0 Å². The summed E-state index contributed by atoms with van der Waals surface area (Å²) in [5, 5.41) is 17.1. The van der Waals surface area contributed by atoms with Crippen LogP contribution in [0.15, 0.2) is 28.8 Å². The van der Waals surface area contributed by atoms with Gasteiger partial charge in [0.05, 0.1) is 18.3 Å². The Balaban J connectivity index is 2.33. The number of nitrogens with zero attached hydrogens (tertiary/aromatic N) is 1. The summed E-state index contributed by atoms with van der Waals surface area (Å²) >= 11 is 5.86. The number of carbonyl (C=O) groups is 1. The van der Waals surface area contributed by atoms with E-state index >= 15 is 0 Å². The molecule has 0 aliphatic rings. The Morgan fingerprint density at radius 1 is 1.45 bits per heavy atom. The third-order valence-corrected chi connectivity index (χ3v) is 3.31. The van der Waals surface area contributed by atoms with Gasteiger partial charge in [0.2, 0.25) is 5.76 Å². The average Bonchev–Trinajstić information content (AvgIpc) is 2.93. The normalized spacial score (nSPS) is 12.2. The third-order valence-electron chi connectivity index (χ3n) is 3.06. The van der Waals surface area contributed by atoms with Crippen molar-refractivity contribution < 1.29 is 19.2 Å². The molecule has 1 aromatic heterocycles. The van der Waals surface area contributed by atoms with E-state index in [1.54, 1.807) is 38.3 Å². The van der Waals surface area contributed by atoms with Crippen molar-refractivity contribution in [1.82, 2.24) is 10.5 Å². The van der Waals surface area contributed by atoms with Gasteiger partial charge >= 0.3 is 0 Å². The minimum Gasteiger partial charge on any atom is -0.388 e. The smallest absolute Gasteiger partial charge is 0.290 e. The topological polar surface area (TPSA) is 84.6 Å². The van der Waals surface area contributed by atoms with Crippen LogP contribution in [0.25, 0.3) is 11.3 Å². The van der Waals surface area contributed by atoms with Crippen molar-refractivity contribution in [2.75, 3.05) is 20.3 Å². The Kier molecular flexibility index (Phi) is 5.54. The number of hydrogen-bond donors (Lipinski definition) is 2. The second-order valence-electron chi connectivity index (χ2n) is 4.71. The fourth-order valence-electron chi connectivity index (χ4n) is 2.01. The SMILES string of the molecule is COCCNC(=O)c1onc(-c2ccc(Cl)cc2)c1C(C)O. The molecule has 22 heavy (non-hydrogen) atoms. The van der Waals surface area contributed by atoms with Crippen LogP contribution in [-0.2, 0) is 4.74 Å². The first kappa shape index (κ1) is 16.5. The van der Waals surface area contributed by atoms with Gasteiger partial charge in [0.15, 0.2) is 0 Å². The van der Waals surface area contributed by atoms with Gasteiger partial charge in [0.25, 0.3) is 5.91 Å². The number of aliphatic hydroxyl groups is 1. The number of halogens is 1. The molecule has 0 saturated heterocycles. The lowest BCUT2D eigenvalue weighted by molar-refractivity contribution is 0.0892. The van der Waals surface area contributed by atoms with Gasteiger partial charge < -0.3 is 19.7 Å². The lowest BCUT2D eigenvalue weighted by atomic mass is 10.0. The second kappa shape index (κ2) is 7.40. The molecule has 2 rings (SSSR count). The first-order valence-electron chi connectivity index (χ1n) is 6.75. The highest BCUT2D eigenvalue weighted by molar-refractivity contribution is 6.30. The van der Waals surface area contributed by atoms with Crippen molar-refractivity contribution in [2.45, 2.75) is 13.0 Å². The van der Waals surface area contributed by atoms with Gasteiger partial charge in [-0.2, -0.15) is 0 Å². The van der Waals surface area contributed by atoms with Gasteiger partial charge in [-0.3, -0.25) is 4.79 Å². The number of rotatable bonds is 6. The number of hydrogen-bond acceptors (Lipinski definition) is 5. The molecule has 7 heteroatoms. The summed E-state index contributed by atoms with van der Waals surface area (Å²) in [6.45, 7) is 2.28. The number of nitrogens with one attached hydrogen (secondary N) is 1. The highest BCUT2D eigenvalue weighted by atomic mass is 35.5. The Labute approximate surface area is 133 Å². The van der Waals surface area contributed by atoms with E-state index in [4.69, 9.17) is 20.9 Å². The number of amides is 1. The number of benzene rings is 1. The van der Waals surface area contributed by atoms with Gasteiger partial charge in [-0.25, -0.2) is 0 Å². The minimum atomic E-state index is -0.903. The van der Waals surface area contributed by atoms with Crippen molar-refractivity contribution in [3.05, 3.63) is 40.6 Å². The van der Waals surface area contributed by atoms with E-state index in [0.717, 1.165) is 0 Å². The van der Waals surface area contributed by atoms with Crippen LogP contribution in [0.2, 0.25) is 5.02 Å². The van der Waals surface area contributed by atoms with Gasteiger partial charge in [0.1, 0.15) is 5.69 Å². The summed E-state index contributed by atoms with van der Waals surface area (Å²) in [7, 11) is 1.54. The van der Waals surface area contributed by atoms with Crippen molar-refractivity contribution in [3.8, 4) is 11.3 Å². The molecule has 1 aromatic carbocycles. The van der Waals surface area contributed by atoms with Crippen LogP contribution in [0.5, 0.6) is 0 Å². The molecule has 2 aromatic rings. The predicted octanol–water partition coefficient (Wildman–Crippen LogP) is 2.42. The highest BCUT2D eigenvalue weighted by Crippen LogP contribution is 2.31. The largest absolute Gasteiger partial charge is 0.388 e. The van der Waals surface area contributed by atoms with Gasteiger partial charge in [-0.05, 0) is 19.1 Å². The molecule has 1 heterocycles. The molecule has 0 spiro atoms. The Bertz CT molecular complexity index is 637. The maximum Gasteiger partial charge on any atom is 0.290 e. The maximum absolute atomic E-state index is 12.1. The highest BCUT2D eigenvalue weighted by Gasteiger charge is 2.26. The fraction of sp³-hybridized carbons (Fsp3) is 0.333. The molecule has 0 fully saturated rings. The molecular weight excluding hydrogens is 308 g/mol. The maximum atomic E-state index is 12.1. The second-order valence-corrected chi connectivity index (χ2v) is 5.14. The Hall–Kier alpha value is -1.89. The van der Waals surface area contributed by atoms with E-state index in [1.165, 1.54) is 0 Å². The summed E-state index contributed by atoms with van der Waals surface area (Å²) in [4.78, 5) is 12.1. The molecule has 0 saturated carbocycles. The molecular formula is C15H17ClN2O4. The van der Waals surface area contributed by atoms with Crippen molar-refractivity contribution in [3.63, 3.8) is 0 Å². The van der Waals surface area contributed by atoms with E-state index in [1.807, 2.05) is 0 Å². The van der Waals surface area contributed by atoms with E-state index in [-0.39, 0.29) is 5.76 Å². The average molecular weight is 325 g/mol. The zero-order valence-corrected chi connectivity index (χ0v) is 13.1. The van der Waals surface area contributed by atoms with Crippen molar-refractivity contribution in [1.29, 1.82) is 0 Å². The molecule has 1 unspecified atom stereocenters. The summed E-state index contributed by atoms with van der Waals surface area (Å²) in [5.74, 6) is -0.447. The van der Waals surface area contributed by atoms with Crippen LogP contribution in [0.1, 0.15) is 29.1 Å². The molecule has 6 nitrogen and oxygen atoms in total. The fourth-order valence-corrected chi connectivity index (χ4v) is 2.14. The van der Waals surface area contributed by atoms with Gasteiger partial charge in [-0.1, -0.05) is 28.9 Å². The molecule has 2 N–H and O–H groups in total. The summed E-state index contributed by atoms with van der Waals surface area (Å²) < 4.78 is 10.0. The summed E-state index contributed by atoms with van der Waals surface area (Å²) in [5.41, 5.74) is 1.47. The number of methoxy groups -OCH3 is 1. The summed E-state index contributed by atoms with van der Waals surface area (Å²) in [6.07, 6.45) is -0.903. The monoisotopic (exact) mass is 324 g/mol. The lowest BCUT2D eigenvalue weighted by Gasteiger charge is -2.07. The van der Waals surface area contributed by atoms with Gasteiger partial charge in [0, 0.05) is 24.2 Å². The molecule has 0 bridgehead atoms. The van der Waals surface area contributed by atoms with Crippen molar-refractivity contribution >= 4 is 17.5 Å². The molecule has 118 valence electrons. The Morgan fingerprint density at radius 3 is 2.73 bits per heavy atom. The van der Waals surface area contributed by atoms with Crippen LogP contribution in [0.4, 0.5) is 0 Å². The molecule has 0 radical (unpaired) electrons. The summed E-state index contributed by atoms with van der Waals surface area (Å²) in [6, 6.07) is 6.91. The Morgan fingerprint density at radius 2 is 2.14 bits per heavy atom. The van der Waals surface area contributed by atoms with Crippen LogP contribution in [-0.4, -0.2) is 36.4 Å². The number of ether oxygens (including phenoxy) is 1. The molecule has 1 atom stereocenters. The first-order valence-corrected chi connectivity index (χ1v) is 7.13. The van der Waals surface area contributed by atoms with Crippen LogP contribution < -0.4 is 5.32 Å². The van der Waals surface area contributed by atoms with Crippen LogP contribution in [0, 0.1) is 0 Å². The third kappa shape index (κ3) is 3.65. The standard InChI is InChI=1S/C15H17ClN2O4/c1-9(19)12-13(10-3-5-11(16)6-4-10)18-22-14(12)15(20)17-7-8-21-2/h3-6,9,19H,7-8H2,1-2H3,(H,17,20). The molecule has 1 amide bonds. The first-order chi connectivity index (χ1) is 10.5. The van der Waals surface area contributed by atoms with E-state index in [9.17, 15) is 9.90 Å².